The van der Waals surface area contributed by atoms with Gasteiger partial charge in [-0.3, -0.25) is 5.41 Å². The Kier molecular flexibility index (Phi) is 7.85. The second kappa shape index (κ2) is 11.2. The van der Waals surface area contributed by atoms with Gasteiger partial charge in [-0.2, -0.15) is 0 Å². The second-order valence-electron chi connectivity index (χ2n) is 8.43. The molecule has 4 N–H and O–H groups in total. The van der Waals surface area contributed by atoms with Crippen molar-refractivity contribution >= 4 is 22.9 Å². The number of thiazole rings is 1. The van der Waals surface area contributed by atoms with Crippen molar-refractivity contribution < 1.29 is 13.9 Å². The fraction of sp³-hybridized carbons (Fsp3) is 0.214. The highest BCUT2D eigenvalue weighted by Gasteiger charge is 2.26. The lowest BCUT2D eigenvalue weighted by molar-refractivity contribution is 0.228. The summed E-state index contributed by atoms with van der Waals surface area (Å²) >= 11 is 1.45. The lowest BCUT2D eigenvalue weighted by atomic mass is 10.0. The number of nitrogen functional groups attached to an aromatic ring is 1. The van der Waals surface area contributed by atoms with Crippen LogP contribution >= 0.6 is 11.3 Å². The van der Waals surface area contributed by atoms with Crippen LogP contribution < -0.4 is 20.5 Å². The molecule has 0 aliphatic carbocycles. The summed E-state index contributed by atoms with van der Waals surface area (Å²) in [6.07, 6.45) is -0.209. The van der Waals surface area contributed by atoms with Crippen molar-refractivity contribution in [3.63, 3.8) is 0 Å². The summed E-state index contributed by atoms with van der Waals surface area (Å²) in [7, 11) is 0. The first-order valence-corrected chi connectivity index (χ1v) is 12.6. The van der Waals surface area contributed by atoms with E-state index >= 15 is 4.39 Å². The van der Waals surface area contributed by atoms with Gasteiger partial charge in [0.1, 0.15) is 22.6 Å². The molecule has 1 atom stereocenters. The van der Waals surface area contributed by atoms with Crippen molar-refractivity contribution in [3.8, 4) is 22.8 Å². The minimum absolute atomic E-state index is 0.0172. The molecule has 1 aromatic heterocycles. The van der Waals surface area contributed by atoms with E-state index in [1.54, 1.807) is 24.3 Å². The van der Waals surface area contributed by atoms with Crippen molar-refractivity contribution in [2.24, 2.45) is 5.73 Å². The number of nitrogens with two attached hydrogens (primary N) is 1. The van der Waals surface area contributed by atoms with Crippen molar-refractivity contribution in [3.05, 3.63) is 94.1 Å². The van der Waals surface area contributed by atoms with E-state index in [0.717, 1.165) is 16.9 Å². The SMILES string of the molecule is CCOc1cc(OC(C)C)c(F)c(C(Nc2ccc(C(=N)N)cc2)c2nc(-c3ccccc3)cs2)c1. The summed E-state index contributed by atoms with van der Waals surface area (Å²) < 4.78 is 27.4. The normalized spacial score (nSPS) is 11.8. The van der Waals surface area contributed by atoms with E-state index < -0.39 is 11.9 Å². The third kappa shape index (κ3) is 5.83. The van der Waals surface area contributed by atoms with Crippen molar-refractivity contribution in [1.82, 2.24) is 4.98 Å². The fourth-order valence-electron chi connectivity index (χ4n) is 3.74. The zero-order chi connectivity index (χ0) is 25.7. The zero-order valence-corrected chi connectivity index (χ0v) is 21.2. The predicted octanol–water partition coefficient (Wildman–Crippen LogP) is 6.62. The number of anilines is 1. The van der Waals surface area contributed by atoms with E-state index in [-0.39, 0.29) is 17.7 Å². The molecule has 0 saturated carbocycles. The standard InChI is InChI=1S/C28H29FN4O2S/c1-4-34-21-14-22(25(29)24(15-21)35-17(2)3)26(32-20-12-10-19(11-13-20)27(30)31)28-33-23(16-36-28)18-8-6-5-7-9-18/h5-17,26,32H,4H2,1-3H3,(H3,30,31). The highest BCUT2D eigenvalue weighted by Crippen LogP contribution is 2.38. The van der Waals surface area contributed by atoms with Gasteiger partial charge >= 0.3 is 0 Å². The summed E-state index contributed by atoms with van der Waals surface area (Å²) in [5, 5.41) is 13.7. The van der Waals surface area contributed by atoms with Gasteiger partial charge in [0.2, 0.25) is 0 Å². The Balaban J connectivity index is 1.81. The number of hydrogen-bond donors (Lipinski definition) is 3. The topological polar surface area (TPSA) is 93.2 Å². The van der Waals surface area contributed by atoms with E-state index in [0.29, 0.717) is 28.5 Å². The molecule has 0 amide bonds. The lowest BCUT2D eigenvalue weighted by Gasteiger charge is -2.22. The second-order valence-corrected chi connectivity index (χ2v) is 9.32. The largest absolute Gasteiger partial charge is 0.494 e. The van der Waals surface area contributed by atoms with Crippen LogP contribution in [0.2, 0.25) is 0 Å². The molecule has 0 aliphatic heterocycles. The summed E-state index contributed by atoms with van der Waals surface area (Å²) in [5.41, 5.74) is 9.10. The highest BCUT2D eigenvalue weighted by molar-refractivity contribution is 7.10. The van der Waals surface area contributed by atoms with E-state index in [2.05, 4.69) is 5.32 Å². The Morgan fingerprint density at radius 2 is 1.83 bits per heavy atom. The van der Waals surface area contributed by atoms with E-state index in [1.165, 1.54) is 11.3 Å². The minimum atomic E-state index is -0.620. The first-order chi connectivity index (χ1) is 17.4. The van der Waals surface area contributed by atoms with E-state index in [4.69, 9.17) is 25.6 Å². The number of rotatable bonds is 10. The maximum absolute atomic E-state index is 15.9. The van der Waals surface area contributed by atoms with Crippen LogP contribution in [0.1, 0.15) is 42.9 Å². The van der Waals surface area contributed by atoms with Gasteiger partial charge in [0, 0.05) is 33.8 Å². The smallest absolute Gasteiger partial charge is 0.171 e. The molecule has 0 saturated heterocycles. The monoisotopic (exact) mass is 504 g/mol. The third-order valence-electron chi connectivity index (χ3n) is 5.37. The van der Waals surface area contributed by atoms with Crippen molar-refractivity contribution in [2.75, 3.05) is 11.9 Å². The maximum atomic E-state index is 15.9. The van der Waals surface area contributed by atoms with Crippen LogP contribution in [-0.4, -0.2) is 23.5 Å². The Morgan fingerprint density at radius 3 is 2.47 bits per heavy atom. The molecule has 3 aromatic carbocycles. The van der Waals surface area contributed by atoms with Crippen molar-refractivity contribution in [2.45, 2.75) is 32.9 Å². The van der Waals surface area contributed by atoms with Gasteiger partial charge in [-0.25, -0.2) is 9.37 Å². The van der Waals surface area contributed by atoms with Crippen LogP contribution in [0.15, 0.2) is 72.1 Å². The lowest BCUT2D eigenvalue weighted by Crippen LogP contribution is -2.16. The van der Waals surface area contributed by atoms with Gasteiger partial charge in [0.05, 0.1) is 18.4 Å². The quantitative estimate of drug-likeness (QED) is 0.167. The predicted molar refractivity (Wildman–Crippen MR) is 144 cm³/mol. The zero-order valence-electron chi connectivity index (χ0n) is 20.4. The van der Waals surface area contributed by atoms with Gasteiger partial charge in [0.25, 0.3) is 0 Å². The Bertz CT molecular complexity index is 1320. The van der Waals surface area contributed by atoms with Crippen LogP contribution in [0, 0.1) is 11.2 Å². The molecule has 1 unspecified atom stereocenters. The number of amidine groups is 1. The molecule has 0 spiro atoms. The number of benzene rings is 3. The number of nitrogens with one attached hydrogen (secondary N) is 2. The Labute approximate surface area is 214 Å². The van der Waals surface area contributed by atoms with Gasteiger partial charge in [-0.05, 0) is 51.1 Å². The molecule has 1 heterocycles. The molecule has 8 heteroatoms. The van der Waals surface area contributed by atoms with E-state index in [9.17, 15) is 0 Å². The Hall–Kier alpha value is -3.91. The average Bonchev–Trinajstić information content (AvgIpc) is 3.35. The Morgan fingerprint density at radius 1 is 1.11 bits per heavy atom. The molecule has 0 bridgehead atoms. The number of aromatic nitrogens is 1. The van der Waals surface area contributed by atoms with Gasteiger partial charge in [0.15, 0.2) is 11.6 Å². The molecule has 186 valence electrons. The number of hydrogen-bond acceptors (Lipinski definition) is 6. The average molecular weight is 505 g/mol. The summed E-state index contributed by atoms with van der Waals surface area (Å²) in [6, 6.07) is 19.6. The van der Waals surface area contributed by atoms with Crippen LogP contribution in [0.25, 0.3) is 11.3 Å². The van der Waals surface area contributed by atoms with Gasteiger partial charge in [-0.15, -0.1) is 11.3 Å². The van der Waals surface area contributed by atoms with E-state index in [1.807, 2.05) is 68.6 Å². The minimum Gasteiger partial charge on any atom is -0.494 e. The van der Waals surface area contributed by atoms with Crippen LogP contribution in [0.5, 0.6) is 11.5 Å². The molecular weight excluding hydrogens is 475 g/mol. The molecule has 0 fully saturated rings. The molecule has 0 radical (unpaired) electrons. The van der Waals surface area contributed by atoms with Crippen LogP contribution in [0.3, 0.4) is 0 Å². The molecule has 0 aliphatic rings. The third-order valence-corrected chi connectivity index (χ3v) is 6.28. The number of nitrogens with zero attached hydrogens (tertiary/aromatic N) is 1. The maximum Gasteiger partial charge on any atom is 0.171 e. The van der Waals surface area contributed by atoms with Crippen LogP contribution in [0.4, 0.5) is 10.1 Å². The van der Waals surface area contributed by atoms with Gasteiger partial charge in [-0.1, -0.05) is 30.3 Å². The van der Waals surface area contributed by atoms with Gasteiger partial charge < -0.3 is 20.5 Å². The first-order valence-electron chi connectivity index (χ1n) is 11.7. The number of halogens is 1. The molecule has 4 aromatic rings. The fourth-order valence-corrected chi connectivity index (χ4v) is 4.63. The molecule has 6 nitrogen and oxygen atoms in total. The van der Waals surface area contributed by atoms with Crippen molar-refractivity contribution in [1.29, 1.82) is 5.41 Å². The molecule has 36 heavy (non-hydrogen) atoms. The first kappa shape index (κ1) is 25.2. The summed E-state index contributed by atoms with van der Waals surface area (Å²) in [5.74, 6) is 0.158. The number of ether oxygens (including phenoxy) is 2. The molecule has 4 rings (SSSR count). The summed E-state index contributed by atoms with van der Waals surface area (Å²) in [4.78, 5) is 4.86. The summed E-state index contributed by atoms with van der Waals surface area (Å²) in [6.45, 7) is 6.02. The highest BCUT2D eigenvalue weighted by atomic mass is 32.1. The molecular formula is C28H29FN4O2S. The van der Waals surface area contributed by atoms with Crippen LogP contribution in [-0.2, 0) is 0 Å².